The fraction of sp³-hybridized carbons (Fsp3) is 0.300. The summed E-state index contributed by atoms with van der Waals surface area (Å²) in [6.45, 7) is 2.03. The van der Waals surface area contributed by atoms with E-state index in [9.17, 15) is 0 Å². The molecule has 0 bridgehead atoms. The largest absolute Gasteiger partial charge is 0.469 e. The van der Waals surface area contributed by atoms with Crippen LogP contribution in [-0.2, 0) is 12.3 Å². The lowest BCUT2D eigenvalue weighted by Crippen LogP contribution is -1.85. The molecular formula is C10H10ClNO2. The Morgan fingerprint density at radius 2 is 2.29 bits per heavy atom. The van der Waals surface area contributed by atoms with Gasteiger partial charge in [-0.2, -0.15) is 0 Å². The van der Waals surface area contributed by atoms with Gasteiger partial charge in [0.25, 0.3) is 0 Å². The van der Waals surface area contributed by atoms with Crippen molar-refractivity contribution >= 4 is 11.6 Å². The average Bonchev–Trinajstić information content (AvgIpc) is 2.85. The Morgan fingerprint density at radius 1 is 1.43 bits per heavy atom. The van der Waals surface area contributed by atoms with E-state index < -0.39 is 0 Å². The van der Waals surface area contributed by atoms with Crippen LogP contribution >= 0.6 is 11.6 Å². The number of nitrogens with zero attached hydrogens (tertiary/aromatic N) is 1. The molecule has 0 aliphatic rings. The highest BCUT2D eigenvalue weighted by Gasteiger charge is 2.14. The molecule has 0 saturated heterocycles. The molecule has 2 heterocycles. The minimum absolute atomic E-state index is 0.347. The van der Waals surface area contributed by atoms with E-state index in [1.54, 1.807) is 6.26 Å². The maximum Gasteiger partial charge on any atom is 0.181 e. The van der Waals surface area contributed by atoms with Gasteiger partial charge in [-0.25, -0.2) is 4.98 Å². The summed E-state index contributed by atoms with van der Waals surface area (Å²) in [6, 6.07) is 1.87. The molecule has 2 aromatic rings. The first-order valence-electron chi connectivity index (χ1n) is 4.41. The summed E-state index contributed by atoms with van der Waals surface area (Å²) in [7, 11) is 0. The van der Waals surface area contributed by atoms with E-state index in [4.69, 9.17) is 20.4 Å². The van der Waals surface area contributed by atoms with Crippen molar-refractivity contribution in [2.45, 2.75) is 19.2 Å². The Hall–Kier alpha value is -1.22. The molecule has 0 N–H and O–H groups in total. The number of alkyl halides is 1. The first kappa shape index (κ1) is 9.34. The molecule has 2 rings (SSSR count). The zero-order chi connectivity index (χ0) is 9.97. The van der Waals surface area contributed by atoms with E-state index in [0.29, 0.717) is 11.6 Å². The molecule has 0 aliphatic heterocycles. The van der Waals surface area contributed by atoms with Crippen LogP contribution in [0.2, 0.25) is 0 Å². The normalized spacial score (nSPS) is 10.7. The highest BCUT2D eigenvalue weighted by atomic mass is 35.5. The molecule has 74 valence electrons. The monoisotopic (exact) mass is 211 g/mol. The van der Waals surface area contributed by atoms with Gasteiger partial charge in [-0.15, -0.1) is 11.6 Å². The third kappa shape index (κ3) is 1.44. The van der Waals surface area contributed by atoms with Crippen LogP contribution in [0.15, 0.2) is 27.6 Å². The average molecular weight is 212 g/mol. The number of oxazole rings is 1. The Morgan fingerprint density at radius 3 is 3.00 bits per heavy atom. The Balaban J connectivity index is 2.48. The summed E-state index contributed by atoms with van der Waals surface area (Å²) in [5, 5.41) is 0. The zero-order valence-electron chi connectivity index (χ0n) is 7.79. The molecule has 3 nitrogen and oxygen atoms in total. The molecule has 0 aromatic carbocycles. The van der Waals surface area contributed by atoms with Gasteiger partial charge in [-0.1, -0.05) is 6.92 Å². The van der Waals surface area contributed by atoms with Crippen molar-refractivity contribution in [1.82, 2.24) is 4.98 Å². The maximum atomic E-state index is 5.73. The molecule has 0 fully saturated rings. The van der Waals surface area contributed by atoms with Gasteiger partial charge in [0.05, 0.1) is 17.7 Å². The molecular weight excluding hydrogens is 202 g/mol. The second kappa shape index (κ2) is 3.88. The predicted octanol–water partition coefficient (Wildman–Crippen LogP) is 3.24. The van der Waals surface area contributed by atoms with E-state index in [2.05, 4.69) is 4.98 Å². The Labute approximate surface area is 86.7 Å². The molecule has 0 saturated carbocycles. The van der Waals surface area contributed by atoms with Gasteiger partial charge in [0.15, 0.2) is 12.2 Å². The van der Waals surface area contributed by atoms with Crippen molar-refractivity contribution in [2.75, 3.05) is 0 Å². The SMILES string of the molecule is CCc1occc1-c1ocnc1CCl. The number of aromatic nitrogens is 1. The summed E-state index contributed by atoms with van der Waals surface area (Å²) >= 11 is 5.73. The summed E-state index contributed by atoms with van der Waals surface area (Å²) in [5.41, 5.74) is 1.70. The Kier molecular flexibility index (Phi) is 2.59. The van der Waals surface area contributed by atoms with Crippen LogP contribution in [0.1, 0.15) is 18.4 Å². The number of rotatable bonds is 3. The highest BCUT2D eigenvalue weighted by molar-refractivity contribution is 6.17. The number of hydrogen-bond acceptors (Lipinski definition) is 3. The molecule has 0 atom stereocenters. The molecule has 14 heavy (non-hydrogen) atoms. The third-order valence-electron chi connectivity index (χ3n) is 2.08. The summed E-state index contributed by atoms with van der Waals surface area (Å²) < 4.78 is 10.6. The smallest absolute Gasteiger partial charge is 0.181 e. The quantitative estimate of drug-likeness (QED) is 0.732. The Bertz CT molecular complexity index is 379. The third-order valence-corrected chi connectivity index (χ3v) is 2.33. The summed E-state index contributed by atoms with van der Waals surface area (Å²) in [5.74, 6) is 1.96. The van der Waals surface area contributed by atoms with Crippen LogP contribution in [0.5, 0.6) is 0 Å². The van der Waals surface area contributed by atoms with E-state index in [1.165, 1.54) is 6.39 Å². The second-order valence-electron chi connectivity index (χ2n) is 2.87. The minimum Gasteiger partial charge on any atom is -0.469 e. The molecule has 0 radical (unpaired) electrons. The lowest BCUT2D eigenvalue weighted by Gasteiger charge is -1.97. The lowest BCUT2D eigenvalue weighted by atomic mass is 10.1. The van der Waals surface area contributed by atoms with Gasteiger partial charge in [0, 0.05) is 6.42 Å². The standard InChI is InChI=1S/C10H10ClNO2/c1-2-9-7(3-4-13-9)10-8(5-11)12-6-14-10/h3-4,6H,2,5H2,1H3. The first-order chi connectivity index (χ1) is 6.86. The van der Waals surface area contributed by atoms with E-state index >= 15 is 0 Å². The number of halogens is 1. The van der Waals surface area contributed by atoms with Crippen molar-refractivity contribution in [2.24, 2.45) is 0 Å². The van der Waals surface area contributed by atoms with Gasteiger partial charge < -0.3 is 8.83 Å². The van der Waals surface area contributed by atoms with E-state index in [1.807, 2.05) is 13.0 Å². The highest BCUT2D eigenvalue weighted by Crippen LogP contribution is 2.28. The molecule has 0 spiro atoms. The van der Waals surface area contributed by atoms with Gasteiger partial charge in [-0.05, 0) is 6.07 Å². The molecule has 0 aliphatic carbocycles. The van der Waals surface area contributed by atoms with Crippen LogP contribution in [-0.4, -0.2) is 4.98 Å². The molecule has 2 aromatic heterocycles. The molecule has 4 heteroatoms. The van der Waals surface area contributed by atoms with Crippen LogP contribution in [0.3, 0.4) is 0 Å². The fourth-order valence-electron chi connectivity index (χ4n) is 1.40. The zero-order valence-corrected chi connectivity index (χ0v) is 8.54. The first-order valence-corrected chi connectivity index (χ1v) is 4.95. The van der Waals surface area contributed by atoms with Crippen molar-refractivity contribution in [1.29, 1.82) is 0 Å². The maximum absolute atomic E-state index is 5.73. The van der Waals surface area contributed by atoms with Crippen molar-refractivity contribution in [3.05, 3.63) is 30.2 Å². The second-order valence-corrected chi connectivity index (χ2v) is 3.14. The molecule has 0 amide bonds. The number of furan rings is 1. The van der Waals surface area contributed by atoms with Gasteiger partial charge in [0.2, 0.25) is 0 Å². The molecule has 0 unspecified atom stereocenters. The van der Waals surface area contributed by atoms with Crippen molar-refractivity contribution < 1.29 is 8.83 Å². The summed E-state index contributed by atoms with van der Waals surface area (Å²) in [4.78, 5) is 4.03. The van der Waals surface area contributed by atoms with Gasteiger partial charge >= 0.3 is 0 Å². The van der Waals surface area contributed by atoms with Gasteiger partial charge in [0.1, 0.15) is 11.5 Å². The minimum atomic E-state index is 0.347. The van der Waals surface area contributed by atoms with E-state index in [0.717, 1.165) is 23.4 Å². The van der Waals surface area contributed by atoms with Crippen LogP contribution in [0.4, 0.5) is 0 Å². The van der Waals surface area contributed by atoms with Crippen LogP contribution in [0.25, 0.3) is 11.3 Å². The fourth-order valence-corrected chi connectivity index (χ4v) is 1.59. The van der Waals surface area contributed by atoms with E-state index in [-0.39, 0.29) is 0 Å². The van der Waals surface area contributed by atoms with Crippen LogP contribution in [0, 0.1) is 0 Å². The predicted molar refractivity (Wildman–Crippen MR) is 53.1 cm³/mol. The lowest BCUT2D eigenvalue weighted by molar-refractivity contribution is 0.513. The topological polar surface area (TPSA) is 39.2 Å². The number of aryl methyl sites for hydroxylation is 1. The van der Waals surface area contributed by atoms with Gasteiger partial charge in [-0.3, -0.25) is 0 Å². The number of hydrogen-bond donors (Lipinski definition) is 0. The summed E-state index contributed by atoms with van der Waals surface area (Å²) in [6.07, 6.45) is 3.87. The van der Waals surface area contributed by atoms with Crippen molar-refractivity contribution in [3.63, 3.8) is 0 Å². The van der Waals surface area contributed by atoms with Crippen molar-refractivity contribution in [3.8, 4) is 11.3 Å². The van der Waals surface area contributed by atoms with Crippen LogP contribution < -0.4 is 0 Å².